The van der Waals surface area contributed by atoms with Crippen molar-refractivity contribution in [1.29, 1.82) is 0 Å². The van der Waals surface area contributed by atoms with Crippen molar-refractivity contribution in [2.45, 2.75) is 245 Å². The van der Waals surface area contributed by atoms with Crippen molar-refractivity contribution in [3.05, 3.63) is 85.1 Å². The van der Waals surface area contributed by atoms with Crippen molar-refractivity contribution in [3.63, 3.8) is 0 Å². The lowest BCUT2D eigenvalue weighted by Crippen LogP contribution is -2.37. The van der Waals surface area contributed by atoms with Gasteiger partial charge >= 0.3 is 19.8 Å². The average Bonchev–Trinajstić information content (AvgIpc) is 3.33. The van der Waals surface area contributed by atoms with Gasteiger partial charge in [0.2, 0.25) is 0 Å². The molecule has 2 atom stereocenters. The molecule has 0 amide bonds. The molecule has 1 N–H and O–H groups in total. The first kappa shape index (κ1) is 68.2. The Balaban J connectivity index is 3.98. The highest BCUT2D eigenvalue weighted by Gasteiger charge is 2.27. The fourth-order valence-corrected chi connectivity index (χ4v) is 8.50. The molecule has 0 aromatic heterocycles. The lowest BCUT2D eigenvalue weighted by atomic mass is 10.0. The van der Waals surface area contributed by atoms with Crippen LogP contribution in [-0.4, -0.2) is 74.9 Å². The van der Waals surface area contributed by atoms with Gasteiger partial charge in [0.25, 0.3) is 0 Å². The molecule has 9 nitrogen and oxygen atoms in total. The molecule has 0 aliphatic rings. The third kappa shape index (κ3) is 56.3. The lowest BCUT2D eigenvalue weighted by Gasteiger charge is -2.24. The molecule has 0 radical (unpaired) electrons. The summed E-state index contributed by atoms with van der Waals surface area (Å²) in [6.07, 6.45) is 69.6. The summed E-state index contributed by atoms with van der Waals surface area (Å²) in [5.74, 6) is -0.796. The molecule has 410 valence electrons. The molecule has 0 saturated carbocycles. The van der Waals surface area contributed by atoms with E-state index in [0.29, 0.717) is 17.4 Å². The van der Waals surface area contributed by atoms with Crippen LogP contribution in [0.4, 0.5) is 0 Å². The minimum atomic E-state index is -4.38. The lowest BCUT2D eigenvalue weighted by molar-refractivity contribution is -0.870. The minimum Gasteiger partial charge on any atom is -0.462 e. The summed E-state index contributed by atoms with van der Waals surface area (Å²) in [4.78, 5) is 35.5. The maximum absolute atomic E-state index is 12.8. The Morgan fingerprint density at radius 1 is 0.451 bits per heavy atom. The third-order valence-electron chi connectivity index (χ3n) is 12.2. The Bertz CT molecular complexity index is 1470. The summed E-state index contributed by atoms with van der Waals surface area (Å²) in [5, 5.41) is 0. The molecule has 0 aromatic carbocycles. The molecule has 0 saturated heterocycles. The second-order valence-corrected chi connectivity index (χ2v) is 21.8. The molecule has 0 bridgehead atoms. The van der Waals surface area contributed by atoms with Crippen LogP contribution in [0.25, 0.3) is 0 Å². The number of hydrogen-bond donors (Lipinski definition) is 1. The minimum absolute atomic E-state index is 0.0310. The number of hydrogen-bond acceptors (Lipinski definition) is 7. The average molecular weight is 1020 g/mol. The fourth-order valence-electron chi connectivity index (χ4n) is 7.76. The number of phosphoric ester groups is 1. The van der Waals surface area contributed by atoms with Gasteiger partial charge in [-0.15, -0.1) is 0 Å². The number of unbranched alkanes of at least 4 members (excludes halogenated alkanes) is 24. The first-order valence-corrected chi connectivity index (χ1v) is 30.3. The normalized spacial score (nSPS) is 13.9. The molecule has 0 aliphatic heterocycles. The topological polar surface area (TPSA) is 108 Å². The van der Waals surface area contributed by atoms with Crippen LogP contribution >= 0.6 is 7.82 Å². The zero-order chi connectivity index (χ0) is 52.0. The Labute approximate surface area is 437 Å². The van der Waals surface area contributed by atoms with Crippen LogP contribution in [0.15, 0.2) is 85.1 Å². The van der Waals surface area contributed by atoms with E-state index in [2.05, 4.69) is 98.9 Å². The maximum Gasteiger partial charge on any atom is 0.472 e. The highest BCUT2D eigenvalue weighted by atomic mass is 31.2. The Hall–Kier alpha value is -2.81. The van der Waals surface area contributed by atoms with Gasteiger partial charge in [-0.3, -0.25) is 18.6 Å². The smallest absolute Gasteiger partial charge is 0.462 e. The number of ether oxygens (including phenoxy) is 2. The summed E-state index contributed by atoms with van der Waals surface area (Å²) < 4.78 is 34.4. The molecular formula is C61H109NO8P+. The van der Waals surface area contributed by atoms with E-state index in [1.54, 1.807) is 0 Å². The number of quaternary nitrogens is 1. The van der Waals surface area contributed by atoms with Gasteiger partial charge in [0, 0.05) is 12.8 Å². The van der Waals surface area contributed by atoms with Gasteiger partial charge in [0.1, 0.15) is 19.8 Å². The van der Waals surface area contributed by atoms with Crippen LogP contribution < -0.4 is 0 Å². The molecule has 10 heteroatoms. The number of rotatable bonds is 52. The van der Waals surface area contributed by atoms with Crippen molar-refractivity contribution >= 4 is 19.8 Å². The number of allylic oxidation sites excluding steroid dienone is 14. The zero-order valence-electron chi connectivity index (χ0n) is 46.4. The number of likely N-dealkylation sites (N-methyl/N-ethyl adjacent to an activating group) is 1. The Morgan fingerprint density at radius 3 is 1.20 bits per heavy atom. The van der Waals surface area contributed by atoms with E-state index in [1.165, 1.54) is 122 Å². The van der Waals surface area contributed by atoms with E-state index >= 15 is 0 Å². The summed E-state index contributed by atoms with van der Waals surface area (Å²) in [6, 6.07) is 0. The van der Waals surface area contributed by atoms with Gasteiger partial charge in [-0.25, -0.2) is 4.57 Å². The van der Waals surface area contributed by atoms with E-state index in [0.717, 1.165) is 83.5 Å². The summed E-state index contributed by atoms with van der Waals surface area (Å²) >= 11 is 0. The fraction of sp³-hybridized carbons (Fsp3) is 0.738. The van der Waals surface area contributed by atoms with Crippen LogP contribution in [0, 0.1) is 0 Å². The number of esters is 2. The van der Waals surface area contributed by atoms with E-state index in [1.807, 2.05) is 21.1 Å². The second-order valence-electron chi connectivity index (χ2n) is 20.3. The van der Waals surface area contributed by atoms with Gasteiger partial charge in [0.05, 0.1) is 27.7 Å². The van der Waals surface area contributed by atoms with Crippen molar-refractivity contribution in [2.24, 2.45) is 0 Å². The summed E-state index contributed by atoms with van der Waals surface area (Å²) in [6.45, 7) is 4.30. The molecule has 0 aliphatic carbocycles. The molecule has 71 heavy (non-hydrogen) atoms. The Morgan fingerprint density at radius 2 is 0.803 bits per heavy atom. The van der Waals surface area contributed by atoms with Crippen LogP contribution in [-0.2, 0) is 32.7 Å². The molecule has 0 rings (SSSR count). The standard InChI is InChI=1S/C61H108NO8P/c1-6-8-10-12-14-16-18-19-20-21-22-23-24-25-26-27-28-29-30-31-32-33-34-35-36-37-38-39-40-41-42-43-44-46-48-50-52-54-61(64)70-59(58-69-71(65,66)68-56-55-62(3,4)5)57-67-60(63)53-51-49-47-45-17-15-13-11-9-7-2/h8,10,14,16,19-20,22-23,25-26,28-29,31-32,59H,6-7,9,11-13,15,17-18,21,24,27,30,33-58H2,1-5H3/p+1/b10-8-,16-14-,20-19-,23-22-,26-25-,29-28-,32-31-. The van der Waals surface area contributed by atoms with Crippen LogP contribution in [0.1, 0.15) is 239 Å². The van der Waals surface area contributed by atoms with Crippen molar-refractivity contribution < 1.29 is 42.1 Å². The number of carbonyl (C=O) groups excluding carboxylic acids is 2. The first-order valence-electron chi connectivity index (χ1n) is 28.8. The predicted molar refractivity (Wildman–Crippen MR) is 302 cm³/mol. The van der Waals surface area contributed by atoms with Crippen LogP contribution in [0.2, 0.25) is 0 Å². The highest BCUT2D eigenvalue weighted by Crippen LogP contribution is 2.43. The molecule has 0 fully saturated rings. The SMILES string of the molecule is CC/C=C\C/C=C\C/C=C\C/C=C\C/C=C\C/C=C\C/C=C\CCCCCCCCCCCCCCCCCC(=O)OC(COC(=O)CCCCCCCCCCCC)COP(=O)(O)OCC[N+](C)(C)C. The van der Waals surface area contributed by atoms with Crippen LogP contribution in [0.3, 0.4) is 0 Å². The molecular weight excluding hydrogens is 906 g/mol. The van der Waals surface area contributed by atoms with Crippen LogP contribution in [0.5, 0.6) is 0 Å². The molecule has 0 aromatic rings. The van der Waals surface area contributed by atoms with E-state index < -0.39 is 26.5 Å². The van der Waals surface area contributed by atoms with E-state index in [9.17, 15) is 19.0 Å². The van der Waals surface area contributed by atoms with Gasteiger partial charge in [-0.05, 0) is 70.6 Å². The highest BCUT2D eigenvalue weighted by molar-refractivity contribution is 7.47. The van der Waals surface area contributed by atoms with Gasteiger partial charge in [0.15, 0.2) is 6.10 Å². The van der Waals surface area contributed by atoms with Crippen molar-refractivity contribution in [1.82, 2.24) is 0 Å². The number of phosphoric acid groups is 1. The zero-order valence-corrected chi connectivity index (χ0v) is 47.3. The molecule has 0 spiro atoms. The maximum atomic E-state index is 12.8. The number of carbonyl (C=O) groups is 2. The van der Waals surface area contributed by atoms with Crippen molar-refractivity contribution in [3.8, 4) is 0 Å². The summed E-state index contributed by atoms with van der Waals surface area (Å²) in [5.41, 5.74) is 0. The van der Waals surface area contributed by atoms with E-state index in [-0.39, 0.29) is 32.0 Å². The van der Waals surface area contributed by atoms with Gasteiger partial charge < -0.3 is 18.9 Å². The number of nitrogens with zero attached hydrogens (tertiary/aromatic N) is 1. The van der Waals surface area contributed by atoms with E-state index in [4.69, 9.17) is 18.5 Å². The first-order chi connectivity index (χ1) is 34.5. The molecule has 0 heterocycles. The summed E-state index contributed by atoms with van der Waals surface area (Å²) in [7, 11) is 1.48. The quantitative estimate of drug-likeness (QED) is 0.0211. The largest absolute Gasteiger partial charge is 0.472 e. The van der Waals surface area contributed by atoms with Gasteiger partial charge in [-0.1, -0.05) is 240 Å². The third-order valence-corrected chi connectivity index (χ3v) is 13.2. The Kier molecular flexibility index (Phi) is 50.0. The predicted octanol–water partition coefficient (Wildman–Crippen LogP) is 17.9. The molecule has 2 unspecified atom stereocenters. The van der Waals surface area contributed by atoms with Crippen molar-refractivity contribution in [2.75, 3.05) is 47.5 Å². The van der Waals surface area contributed by atoms with Gasteiger partial charge in [-0.2, -0.15) is 0 Å². The second kappa shape index (κ2) is 52.1. The monoisotopic (exact) mass is 1010 g/mol.